The highest BCUT2D eigenvalue weighted by molar-refractivity contribution is 6.06. The summed E-state index contributed by atoms with van der Waals surface area (Å²) in [6, 6.07) is 13.7. The number of hydrogen-bond donors (Lipinski definition) is 2. The number of carbonyl (C=O) groups excluding carboxylic acids is 1. The minimum absolute atomic E-state index is 0.116. The third-order valence-electron chi connectivity index (χ3n) is 5.73. The first kappa shape index (κ1) is 22.3. The molecule has 1 atom stereocenters. The first-order valence-electron chi connectivity index (χ1n) is 11.1. The lowest BCUT2D eigenvalue weighted by molar-refractivity contribution is 0.0964. The van der Waals surface area contributed by atoms with Gasteiger partial charge in [0.25, 0.3) is 5.91 Å². The Bertz CT molecular complexity index is 1270. The molecule has 4 rings (SSSR count). The van der Waals surface area contributed by atoms with Crippen LogP contribution in [0.15, 0.2) is 61.2 Å². The molecular formula is C26H28N6O. The predicted molar refractivity (Wildman–Crippen MR) is 131 cm³/mol. The van der Waals surface area contributed by atoms with Gasteiger partial charge >= 0.3 is 0 Å². The van der Waals surface area contributed by atoms with E-state index in [1.54, 1.807) is 25.6 Å². The maximum Gasteiger partial charge on any atom is 0.251 e. The van der Waals surface area contributed by atoms with E-state index in [2.05, 4.69) is 57.4 Å². The van der Waals surface area contributed by atoms with Crippen molar-refractivity contribution < 1.29 is 4.79 Å². The van der Waals surface area contributed by atoms with Crippen LogP contribution >= 0.6 is 0 Å². The predicted octanol–water partition coefficient (Wildman–Crippen LogP) is 4.79. The Kier molecular flexibility index (Phi) is 6.58. The smallest absolute Gasteiger partial charge is 0.251 e. The van der Waals surface area contributed by atoms with Gasteiger partial charge in [0.2, 0.25) is 0 Å². The SMILES string of the molecule is CNC(=O)c1ccnc2c([C@H](C)CNc3cc(-c4ccc(C(C)C)nc4)ncn3)cccc12. The zero-order valence-electron chi connectivity index (χ0n) is 19.3. The van der Waals surface area contributed by atoms with Crippen LogP contribution in [-0.4, -0.2) is 39.4 Å². The van der Waals surface area contributed by atoms with E-state index in [4.69, 9.17) is 0 Å². The van der Waals surface area contributed by atoms with Crippen molar-refractivity contribution in [3.05, 3.63) is 78.0 Å². The molecule has 168 valence electrons. The number of benzene rings is 1. The molecule has 0 aliphatic heterocycles. The largest absolute Gasteiger partial charge is 0.369 e. The second-order valence-electron chi connectivity index (χ2n) is 8.38. The summed E-state index contributed by atoms with van der Waals surface area (Å²) in [5.74, 6) is 1.17. The summed E-state index contributed by atoms with van der Waals surface area (Å²) >= 11 is 0. The summed E-state index contributed by atoms with van der Waals surface area (Å²) < 4.78 is 0. The molecule has 0 saturated carbocycles. The van der Waals surface area contributed by atoms with Crippen molar-refractivity contribution in [1.29, 1.82) is 0 Å². The lowest BCUT2D eigenvalue weighted by Crippen LogP contribution is -2.18. The normalized spacial score (nSPS) is 12.0. The molecule has 0 radical (unpaired) electrons. The Hall–Kier alpha value is -3.87. The number of carbonyl (C=O) groups is 1. The van der Waals surface area contributed by atoms with Crippen molar-refractivity contribution >= 4 is 22.6 Å². The van der Waals surface area contributed by atoms with E-state index in [1.807, 2.05) is 36.5 Å². The molecule has 1 amide bonds. The van der Waals surface area contributed by atoms with Gasteiger partial charge in [0, 0.05) is 54.6 Å². The standard InChI is InChI=1S/C26H28N6O/c1-16(2)22-9-8-18(14-29-22)23-12-24(32-15-31-23)30-13-17(3)19-6-5-7-20-21(26(33)27-4)10-11-28-25(19)20/h5-12,14-17H,13H2,1-4H3,(H,27,33)(H,30,31,32)/t17-/m1/s1. The molecule has 0 unspecified atom stereocenters. The third kappa shape index (κ3) is 4.82. The van der Waals surface area contributed by atoms with Crippen LogP contribution in [0.3, 0.4) is 0 Å². The van der Waals surface area contributed by atoms with Crippen molar-refractivity contribution in [2.45, 2.75) is 32.6 Å². The van der Waals surface area contributed by atoms with Gasteiger partial charge in [0.1, 0.15) is 12.1 Å². The number of hydrogen-bond acceptors (Lipinski definition) is 6. The van der Waals surface area contributed by atoms with Gasteiger partial charge in [-0.05, 0) is 29.7 Å². The average molecular weight is 441 g/mol. The van der Waals surface area contributed by atoms with Crippen molar-refractivity contribution in [3.8, 4) is 11.3 Å². The van der Waals surface area contributed by atoms with Gasteiger partial charge in [0.05, 0.1) is 16.8 Å². The molecule has 0 aliphatic carbocycles. The van der Waals surface area contributed by atoms with E-state index in [-0.39, 0.29) is 11.8 Å². The topological polar surface area (TPSA) is 92.7 Å². The first-order valence-corrected chi connectivity index (χ1v) is 11.1. The number of rotatable bonds is 7. The van der Waals surface area contributed by atoms with Crippen molar-refractivity contribution in [1.82, 2.24) is 25.3 Å². The summed E-state index contributed by atoms with van der Waals surface area (Å²) in [5, 5.41) is 6.97. The van der Waals surface area contributed by atoms with Crippen LogP contribution in [0.5, 0.6) is 0 Å². The maximum absolute atomic E-state index is 12.3. The highest BCUT2D eigenvalue weighted by Crippen LogP contribution is 2.27. The van der Waals surface area contributed by atoms with Crippen LogP contribution < -0.4 is 10.6 Å². The zero-order chi connectivity index (χ0) is 23.4. The lowest BCUT2D eigenvalue weighted by Gasteiger charge is -2.16. The molecule has 3 heterocycles. The molecule has 0 aliphatic rings. The van der Waals surface area contributed by atoms with Crippen LogP contribution in [0.25, 0.3) is 22.2 Å². The Labute approximate surface area is 193 Å². The number of fused-ring (bicyclic) bond motifs is 1. The van der Waals surface area contributed by atoms with Gasteiger partial charge in [-0.15, -0.1) is 0 Å². The molecule has 2 N–H and O–H groups in total. The fraction of sp³-hybridized carbons (Fsp3) is 0.269. The molecule has 3 aromatic heterocycles. The monoisotopic (exact) mass is 440 g/mol. The molecule has 0 saturated heterocycles. The molecule has 0 spiro atoms. The van der Waals surface area contributed by atoms with Crippen LogP contribution in [0.2, 0.25) is 0 Å². The van der Waals surface area contributed by atoms with Crippen LogP contribution in [0, 0.1) is 0 Å². The van der Waals surface area contributed by atoms with Crippen LogP contribution in [0.1, 0.15) is 54.2 Å². The minimum Gasteiger partial charge on any atom is -0.369 e. The molecule has 4 aromatic rings. The van der Waals surface area contributed by atoms with E-state index < -0.39 is 0 Å². The molecular weight excluding hydrogens is 412 g/mol. The van der Waals surface area contributed by atoms with E-state index in [1.165, 1.54) is 0 Å². The Morgan fingerprint density at radius 1 is 1.00 bits per heavy atom. The third-order valence-corrected chi connectivity index (χ3v) is 5.73. The minimum atomic E-state index is -0.116. The van der Waals surface area contributed by atoms with Gasteiger partial charge < -0.3 is 10.6 Å². The molecule has 7 nitrogen and oxygen atoms in total. The number of nitrogens with zero attached hydrogens (tertiary/aromatic N) is 4. The van der Waals surface area contributed by atoms with Gasteiger partial charge in [-0.25, -0.2) is 9.97 Å². The van der Waals surface area contributed by atoms with Crippen molar-refractivity contribution in [2.24, 2.45) is 0 Å². The van der Waals surface area contributed by atoms with E-state index in [0.717, 1.165) is 39.2 Å². The summed E-state index contributed by atoms with van der Waals surface area (Å²) in [6.07, 6.45) is 5.11. The number of aromatic nitrogens is 4. The quantitative estimate of drug-likeness (QED) is 0.429. The van der Waals surface area contributed by atoms with E-state index in [9.17, 15) is 4.79 Å². The highest BCUT2D eigenvalue weighted by atomic mass is 16.1. The molecule has 7 heteroatoms. The van der Waals surface area contributed by atoms with E-state index >= 15 is 0 Å². The second kappa shape index (κ2) is 9.73. The number of para-hydroxylation sites is 1. The fourth-order valence-electron chi connectivity index (χ4n) is 3.81. The first-order chi connectivity index (χ1) is 16.0. The molecule has 0 bridgehead atoms. The van der Waals surface area contributed by atoms with Gasteiger partial charge in [-0.1, -0.05) is 39.0 Å². The number of amides is 1. The van der Waals surface area contributed by atoms with Gasteiger partial charge in [-0.3, -0.25) is 14.8 Å². The Balaban J connectivity index is 1.53. The Morgan fingerprint density at radius 2 is 1.85 bits per heavy atom. The van der Waals surface area contributed by atoms with Crippen molar-refractivity contribution in [3.63, 3.8) is 0 Å². The van der Waals surface area contributed by atoms with Gasteiger partial charge in [0.15, 0.2) is 0 Å². The summed E-state index contributed by atoms with van der Waals surface area (Å²) in [4.78, 5) is 30.1. The number of anilines is 1. The molecule has 33 heavy (non-hydrogen) atoms. The van der Waals surface area contributed by atoms with Crippen molar-refractivity contribution in [2.75, 3.05) is 18.9 Å². The highest BCUT2D eigenvalue weighted by Gasteiger charge is 2.15. The summed E-state index contributed by atoms with van der Waals surface area (Å²) in [5.41, 5.74) is 5.38. The molecule has 1 aromatic carbocycles. The van der Waals surface area contributed by atoms with Crippen LogP contribution in [-0.2, 0) is 0 Å². The maximum atomic E-state index is 12.3. The number of pyridine rings is 2. The molecule has 0 fully saturated rings. The summed E-state index contributed by atoms with van der Waals surface area (Å²) in [7, 11) is 1.63. The average Bonchev–Trinajstić information content (AvgIpc) is 2.86. The number of nitrogens with one attached hydrogen (secondary N) is 2. The lowest BCUT2D eigenvalue weighted by atomic mass is 9.96. The summed E-state index contributed by atoms with van der Waals surface area (Å²) in [6.45, 7) is 7.04. The van der Waals surface area contributed by atoms with E-state index in [0.29, 0.717) is 18.0 Å². The van der Waals surface area contributed by atoms with Gasteiger partial charge in [-0.2, -0.15) is 0 Å². The Morgan fingerprint density at radius 3 is 2.58 bits per heavy atom. The fourth-order valence-corrected chi connectivity index (χ4v) is 3.81. The van der Waals surface area contributed by atoms with Crippen LogP contribution in [0.4, 0.5) is 5.82 Å². The second-order valence-corrected chi connectivity index (χ2v) is 8.38. The zero-order valence-corrected chi connectivity index (χ0v) is 19.3.